The van der Waals surface area contributed by atoms with Crippen molar-refractivity contribution in [3.8, 4) is 0 Å². The Labute approximate surface area is 130 Å². The van der Waals surface area contributed by atoms with Crippen LogP contribution in [0.15, 0.2) is 36.7 Å². The molecule has 1 N–H and O–H groups in total. The molecule has 0 fully saturated rings. The molecule has 4 nitrogen and oxygen atoms in total. The number of hydrogen-bond donors (Lipinski definition) is 1. The van der Waals surface area contributed by atoms with Gasteiger partial charge in [-0.3, -0.25) is 0 Å². The molecule has 112 valence electrons. The fourth-order valence-corrected chi connectivity index (χ4v) is 2.64. The molecule has 5 heteroatoms. The lowest BCUT2D eigenvalue weighted by Gasteiger charge is -2.26. The van der Waals surface area contributed by atoms with Crippen LogP contribution in [0, 0.1) is 0 Å². The van der Waals surface area contributed by atoms with Crippen LogP contribution in [-0.2, 0) is 6.54 Å². The van der Waals surface area contributed by atoms with E-state index >= 15 is 0 Å². The predicted molar refractivity (Wildman–Crippen MR) is 85.7 cm³/mol. The highest BCUT2D eigenvalue weighted by atomic mass is 35.5. The first-order valence-electron chi connectivity index (χ1n) is 7.03. The topological polar surface area (TPSA) is 49.2 Å². The van der Waals surface area contributed by atoms with E-state index in [4.69, 9.17) is 11.6 Å². The van der Waals surface area contributed by atoms with Gasteiger partial charge in [-0.05, 0) is 11.5 Å². The second kappa shape index (κ2) is 7.38. The summed E-state index contributed by atoms with van der Waals surface area (Å²) >= 11 is 6.23. The number of aliphatic hydroxyl groups excluding tert-OH is 1. The second-order valence-electron chi connectivity index (χ2n) is 5.19. The van der Waals surface area contributed by atoms with E-state index in [-0.39, 0.29) is 12.5 Å². The average molecular weight is 306 g/mol. The van der Waals surface area contributed by atoms with Crippen molar-refractivity contribution in [1.82, 2.24) is 9.97 Å². The number of benzene rings is 1. The summed E-state index contributed by atoms with van der Waals surface area (Å²) in [6.45, 7) is 5.36. The molecule has 0 spiro atoms. The molecular weight excluding hydrogens is 286 g/mol. The molecule has 0 unspecified atom stereocenters. The fourth-order valence-electron chi connectivity index (χ4n) is 2.30. The van der Waals surface area contributed by atoms with E-state index in [1.807, 2.05) is 23.1 Å². The number of halogens is 1. The molecule has 1 aromatic carbocycles. The Balaban J connectivity index is 2.36. The Morgan fingerprint density at radius 2 is 1.90 bits per heavy atom. The highest BCUT2D eigenvalue weighted by Gasteiger charge is 2.19. The van der Waals surface area contributed by atoms with Gasteiger partial charge in [-0.2, -0.15) is 0 Å². The van der Waals surface area contributed by atoms with Gasteiger partial charge in [0.25, 0.3) is 0 Å². The number of nitrogens with zero attached hydrogens (tertiary/aromatic N) is 3. The van der Waals surface area contributed by atoms with E-state index in [0.29, 0.717) is 18.2 Å². The van der Waals surface area contributed by atoms with Crippen LogP contribution in [0.2, 0.25) is 5.15 Å². The zero-order valence-corrected chi connectivity index (χ0v) is 13.1. The SMILES string of the molecule is CC(C)c1c(Cl)ncnc1N(CCO)Cc1ccccc1. The van der Waals surface area contributed by atoms with Gasteiger partial charge in [-0.1, -0.05) is 55.8 Å². The third-order valence-electron chi connectivity index (χ3n) is 3.28. The highest BCUT2D eigenvalue weighted by Crippen LogP contribution is 2.31. The Morgan fingerprint density at radius 1 is 1.19 bits per heavy atom. The van der Waals surface area contributed by atoms with E-state index in [2.05, 4.69) is 35.9 Å². The average Bonchev–Trinajstić information content (AvgIpc) is 2.47. The molecule has 2 aromatic rings. The van der Waals surface area contributed by atoms with Crippen LogP contribution in [-0.4, -0.2) is 28.2 Å². The molecule has 0 atom stereocenters. The summed E-state index contributed by atoms with van der Waals surface area (Å²) in [7, 11) is 0. The molecule has 0 amide bonds. The molecule has 0 bridgehead atoms. The molecule has 0 aliphatic rings. The maximum absolute atomic E-state index is 9.36. The quantitative estimate of drug-likeness (QED) is 0.832. The molecule has 1 heterocycles. The van der Waals surface area contributed by atoms with E-state index in [9.17, 15) is 5.11 Å². The molecular formula is C16H20ClN3O. The molecule has 21 heavy (non-hydrogen) atoms. The standard InChI is InChI=1S/C16H20ClN3O/c1-12(2)14-15(17)18-11-19-16(14)20(8-9-21)10-13-6-4-3-5-7-13/h3-7,11-12,21H,8-10H2,1-2H3. The number of hydrogen-bond acceptors (Lipinski definition) is 4. The second-order valence-corrected chi connectivity index (χ2v) is 5.55. The van der Waals surface area contributed by atoms with Crippen molar-refractivity contribution in [1.29, 1.82) is 0 Å². The van der Waals surface area contributed by atoms with Crippen LogP contribution >= 0.6 is 11.6 Å². The normalized spacial score (nSPS) is 10.9. The molecule has 2 rings (SSSR count). The zero-order valence-electron chi connectivity index (χ0n) is 12.3. The van der Waals surface area contributed by atoms with Crippen molar-refractivity contribution in [2.45, 2.75) is 26.3 Å². The number of aromatic nitrogens is 2. The van der Waals surface area contributed by atoms with Crippen molar-refractivity contribution in [3.63, 3.8) is 0 Å². The van der Waals surface area contributed by atoms with Crippen LogP contribution in [0.5, 0.6) is 0 Å². The summed E-state index contributed by atoms with van der Waals surface area (Å²) in [4.78, 5) is 10.5. The fraction of sp³-hybridized carbons (Fsp3) is 0.375. The van der Waals surface area contributed by atoms with Crippen LogP contribution in [0.25, 0.3) is 0 Å². The van der Waals surface area contributed by atoms with Gasteiger partial charge >= 0.3 is 0 Å². The number of aliphatic hydroxyl groups is 1. The smallest absolute Gasteiger partial charge is 0.138 e. The molecule has 0 aliphatic carbocycles. The van der Waals surface area contributed by atoms with Gasteiger partial charge in [0.1, 0.15) is 17.3 Å². The van der Waals surface area contributed by atoms with E-state index in [1.165, 1.54) is 6.33 Å². The van der Waals surface area contributed by atoms with Crippen molar-refractivity contribution in [3.05, 3.63) is 52.9 Å². The van der Waals surface area contributed by atoms with Crippen molar-refractivity contribution >= 4 is 17.4 Å². The molecule has 0 aliphatic heterocycles. The third kappa shape index (κ3) is 3.93. The minimum absolute atomic E-state index is 0.0615. The lowest BCUT2D eigenvalue weighted by atomic mass is 10.1. The largest absolute Gasteiger partial charge is 0.395 e. The van der Waals surface area contributed by atoms with Gasteiger partial charge in [-0.25, -0.2) is 9.97 Å². The summed E-state index contributed by atoms with van der Waals surface area (Å²) in [5, 5.41) is 9.83. The highest BCUT2D eigenvalue weighted by molar-refractivity contribution is 6.30. The van der Waals surface area contributed by atoms with Crippen molar-refractivity contribution in [2.24, 2.45) is 0 Å². The van der Waals surface area contributed by atoms with Gasteiger partial charge in [0.2, 0.25) is 0 Å². The van der Waals surface area contributed by atoms with Crippen LogP contribution < -0.4 is 4.90 Å². The Morgan fingerprint density at radius 3 is 2.52 bits per heavy atom. The first kappa shape index (κ1) is 15.7. The summed E-state index contributed by atoms with van der Waals surface area (Å²) in [6.07, 6.45) is 1.47. The first-order valence-corrected chi connectivity index (χ1v) is 7.41. The maximum atomic E-state index is 9.36. The maximum Gasteiger partial charge on any atom is 0.138 e. The van der Waals surface area contributed by atoms with E-state index < -0.39 is 0 Å². The molecule has 1 aromatic heterocycles. The number of rotatable bonds is 6. The monoisotopic (exact) mass is 305 g/mol. The molecule has 0 saturated heterocycles. The van der Waals surface area contributed by atoms with Crippen molar-refractivity contribution in [2.75, 3.05) is 18.1 Å². The molecule has 0 saturated carbocycles. The van der Waals surface area contributed by atoms with Crippen molar-refractivity contribution < 1.29 is 5.11 Å². The van der Waals surface area contributed by atoms with Crippen LogP contribution in [0.1, 0.15) is 30.9 Å². The minimum atomic E-state index is 0.0615. The minimum Gasteiger partial charge on any atom is -0.395 e. The van der Waals surface area contributed by atoms with Gasteiger partial charge in [-0.15, -0.1) is 0 Å². The lowest BCUT2D eigenvalue weighted by Crippen LogP contribution is -2.28. The van der Waals surface area contributed by atoms with Gasteiger partial charge < -0.3 is 10.0 Å². The van der Waals surface area contributed by atoms with E-state index in [0.717, 1.165) is 16.9 Å². The summed E-state index contributed by atoms with van der Waals surface area (Å²) in [6, 6.07) is 10.1. The summed E-state index contributed by atoms with van der Waals surface area (Å²) in [5.41, 5.74) is 2.08. The summed E-state index contributed by atoms with van der Waals surface area (Å²) in [5.74, 6) is 1.01. The third-order valence-corrected chi connectivity index (χ3v) is 3.58. The van der Waals surface area contributed by atoms with Crippen LogP contribution in [0.3, 0.4) is 0 Å². The predicted octanol–water partition coefficient (Wildman–Crippen LogP) is 3.25. The van der Waals surface area contributed by atoms with Gasteiger partial charge in [0.15, 0.2) is 0 Å². The Kier molecular flexibility index (Phi) is 5.53. The molecule has 0 radical (unpaired) electrons. The summed E-state index contributed by atoms with van der Waals surface area (Å²) < 4.78 is 0. The Bertz CT molecular complexity index is 575. The van der Waals surface area contributed by atoms with E-state index in [1.54, 1.807) is 0 Å². The van der Waals surface area contributed by atoms with Gasteiger partial charge in [0.05, 0.1) is 6.61 Å². The van der Waals surface area contributed by atoms with Crippen LogP contribution in [0.4, 0.5) is 5.82 Å². The van der Waals surface area contributed by atoms with Gasteiger partial charge in [0, 0.05) is 18.7 Å². The number of anilines is 1. The lowest BCUT2D eigenvalue weighted by molar-refractivity contribution is 0.301. The zero-order chi connectivity index (χ0) is 15.2. The Hall–Kier alpha value is -1.65. The first-order chi connectivity index (χ1) is 10.1.